The molecule has 26 heavy (non-hydrogen) atoms. The van der Waals surface area contributed by atoms with Crippen molar-refractivity contribution in [1.82, 2.24) is 10.3 Å². The average Bonchev–Trinajstić information content (AvgIpc) is 2.68. The second-order valence-corrected chi connectivity index (χ2v) is 6.11. The lowest BCUT2D eigenvalue weighted by molar-refractivity contribution is -0.121. The molecule has 4 heteroatoms. The van der Waals surface area contributed by atoms with Crippen LogP contribution in [0.25, 0.3) is 0 Å². The van der Waals surface area contributed by atoms with E-state index in [9.17, 15) is 9.18 Å². The minimum atomic E-state index is -0.313. The molecule has 3 nitrogen and oxygen atoms in total. The van der Waals surface area contributed by atoms with Crippen molar-refractivity contribution in [2.75, 3.05) is 6.54 Å². The van der Waals surface area contributed by atoms with E-state index in [4.69, 9.17) is 0 Å². The first-order valence-electron chi connectivity index (χ1n) is 8.70. The van der Waals surface area contributed by atoms with Crippen molar-refractivity contribution in [2.45, 2.75) is 18.8 Å². The molecule has 3 aromatic rings. The van der Waals surface area contributed by atoms with Crippen molar-refractivity contribution in [3.8, 4) is 0 Å². The highest BCUT2D eigenvalue weighted by molar-refractivity contribution is 5.77. The van der Waals surface area contributed by atoms with E-state index in [-0.39, 0.29) is 24.1 Å². The second-order valence-electron chi connectivity index (χ2n) is 6.11. The van der Waals surface area contributed by atoms with Crippen molar-refractivity contribution >= 4 is 5.91 Å². The summed E-state index contributed by atoms with van der Waals surface area (Å²) in [6, 6.07) is 21.9. The van der Waals surface area contributed by atoms with Crippen LogP contribution in [0.1, 0.15) is 29.2 Å². The van der Waals surface area contributed by atoms with Gasteiger partial charge in [0.2, 0.25) is 5.91 Å². The summed E-state index contributed by atoms with van der Waals surface area (Å²) in [6.07, 6.45) is 2.61. The quantitative estimate of drug-likeness (QED) is 0.698. The molecule has 132 valence electrons. The van der Waals surface area contributed by atoms with E-state index in [0.29, 0.717) is 18.5 Å². The Labute approximate surface area is 152 Å². The highest BCUT2D eigenvalue weighted by Crippen LogP contribution is 2.29. The molecule has 0 aliphatic rings. The molecule has 0 aliphatic carbocycles. The van der Waals surface area contributed by atoms with Gasteiger partial charge >= 0.3 is 0 Å². The first kappa shape index (κ1) is 17.8. The maximum Gasteiger partial charge on any atom is 0.220 e. The molecule has 0 radical (unpaired) electrons. The largest absolute Gasteiger partial charge is 0.356 e. The Kier molecular flexibility index (Phi) is 6.09. The van der Waals surface area contributed by atoms with Crippen LogP contribution in [0.15, 0.2) is 79.0 Å². The van der Waals surface area contributed by atoms with Gasteiger partial charge in [0.05, 0.1) is 0 Å². The summed E-state index contributed by atoms with van der Waals surface area (Å²) >= 11 is 0. The number of halogens is 1. The highest BCUT2D eigenvalue weighted by atomic mass is 19.1. The molecule has 1 N–H and O–H groups in total. The first-order valence-corrected chi connectivity index (χ1v) is 8.70. The van der Waals surface area contributed by atoms with Gasteiger partial charge in [-0.25, -0.2) is 4.39 Å². The van der Waals surface area contributed by atoms with Crippen LogP contribution >= 0.6 is 0 Å². The number of nitrogens with zero attached hydrogens (tertiary/aromatic N) is 1. The number of carbonyl (C=O) groups excluding carboxylic acids is 1. The molecule has 1 atom stereocenters. The van der Waals surface area contributed by atoms with Gasteiger partial charge in [-0.3, -0.25) is 9.78 Å². The third-order valence-corrected chi connectivity index (χ3v) is 4.30. The monoisotopic (exact) mass is 348 g/mol. The number of pyridine rings is 1. The summed E-state index contributed by atoms with van der Waals surface area (Å²) < 4.78 is 14.3. The lowest BCUT2D eigenvalue weighted by Crippen LogP contribution is -2.27. The predicted molar refractivity (Wildman–Crippen MR) is 100 cm³/mol. The number of hydrogen-bond donors (Lipinski definition) is 1. The fourth-order valence-corrected chi connectivity index (χ4v) is 2.98. The SMILES string of the molecule is O=C(C[C@@H](c1ccccc1)c1ccccc1F)NCCc1ccccn1. The fourth-order valence-electron chi connectivity index (χ4n) is 2.98. The molecule has 0 saturated heterocycles. The molecule has 0 aliphatic heterocycles. The van der Waals surface area contributed by atoms with E-state index in [1.165, 1.54) is 6.07 Å². The standard InChI is InChI=1S/C22H21FN2O/c23-21-12-5-4-11-19(21)20(17-8-2-1-3-9-17)16-22(26)25-15-13-18-10-6-7-14-24-18/h1-12,14,20H,13,15-16H2,(H,25,26)/t20-/m0/s1. The van der Waals surface area contributed by atoms with Crippen molar-refractivity contribution < 1.29 is 9.18 Å². The van der Waals surface area contributed by atoms with Gasteiger partial charge in [0, 0.05) is 37.2 Å². The molecule has 0 fully saturated rings. The topological polar surface area (TPSA) is 42.0 Å². The molecule has 0 spiro atoms. The maximum absolute atomic E-state index is 14.3. The van der Waals surface area contributed by atoms with Crippen molar-refractivity contribution in [1.29, 1.82) is 0 Å². The Balaban J connectivity index is 1.68. The Morgan fingerprint density at radius 3 is 2.42 bits per heavy atom. The number of carbonyl (C=O) groups is 1. The van der Waals surface area contributed by atoms with Crippen LogP contribution in [0.5, 0.6) is 0 Å². The van der Waals surface area contributed by atoms with Crippen molar-refractivity contribution in [3.05, 3.63) is 102 Å². The fraction of sp³-hybridized carbons (Fsp3) is 0.182. The third kappa shape index (κ3) is 4.76. The zero-order chi connectivity index (χ0) is 18.2. The molecule has 0 unspecified atom stereocenters. The summed E-state index contributed by atoms with van der Waals surface area (Å²) in [6.45, 7) is 0.509. The Morgan fingerprint density at radius 1 is 0.962 bits per heavy atom. The minimum Gasteiger partial charge on any atom is -0.356 e. The molecule has 1 heterocycles. The zero-order valence-electron chi connectivity index (χ0n) is 14.4. The molecule has 0 saturated carbocycles. The van der Waals surface area contributed by atoms with E-state index >= 15 is 0 Å². The Hall–Kier alpha value is -3.01. The van der Waals surface area contributed by atoms with E-state index in [1.54, 1.807) is 24.4 Å². The Morgan fingerprint density at radius 2 is 1.69 bits per heavy atom. The van der Waals surface area contributed by atoms with Crippen LogP contribution < -0.4 is 5.32 Å². The molecule has 2 aromatic carbocycles. The van der Waals surface area contributed by atoms with Gasteiger partial charge in [-0.2, -0.15) is 0 Å². The van der Waals surface area contributed by atoms with Gasteiger partial charge < -0.3 is 5.32 Å². The third-order valence-electron chi connectivity index (χ3n) is 4.30. The number of aromatic nitrogens is 1. The summed E-state index contributed by atoms with van der Waals surface area (Å²) in [5.41, 5.74) is 2.40. The molecule has 1 amide bonds. The molecule has 0 bridgehead atoms. The summed E-state index contributed by atoms with van der Waals surface area (Å²) in [5, 5.41) is 2.92. The first-order chi connectivity index (χ1) is 12.7. The van der Waals surface area contributed by atoms with E-state index in [0.717, 1.165) is 11.3 Å². The summed E-state index contributed by atoms with van der Waals surface area (Å²) in [5.74, 6) is -0.701. The number of nitrogens with one attached hydrogen (secondary N) is 1. The van der Waals surface area contributed by atoms with Crippen LogP contribution in [-0.2, 0) is 11.2 Å². The highest BCUT2D eigenvalue weighted by Gasteiger charge is 2.20. The smallest absolute Gasteiger partial charge is 0.220 e. The van der Waals surface area contributed by atoms with Gasteiger partial charge in [-0.15, -0.1) is 0 Å². The number of hydrogen-bond acceptors (Lipinski definition) is 2. The van der Waals surface area contributed by atoms with Gasteiger partial charge in [0.1, 0.15) is 5.82 Å². The van der Waals surface area contributed by atoms with Crippen molar-refractivity contribution in [3.63, 3.8) is 0 Å². The van der Waals surface area contributed by atoms with Crippen LogP contribution in [0.4, 0.5) is 4.39 Å². The number of rotatable bonds is 7. The van der Waals surface area contributed by atoms with Gasteiger partial charge in [0.25, 0.3) is 0 Å². The molecule has 1 aromatic heterocycles. The zero-order valence-corrected chi connectivity index (χ0v) is 14.4. The van der Waals surface area contributed by atoms with Crippen LogP contribution in [-0.4, -0.2) is 17.4 Å². The summed E-state index contributed by atoms with van der Waals surface area (Å²) in [7, 11) is 0. The van der Waals surface area contributed by atoms with Gasteiger partial charge in [0.15, 0.2) is 0 Å². The summed E-state index contributed by atoms with van der Waals surface area (Å²) in [4.78, 5) is 16.7. The minimum absolute atomic E-state index is 0.0990. The van der Waals surface area contributed by atoms with E-state index < -0.39 is 0 Å². The van der Waals surface area contributed by atoms with Crippen LogP contribution in [0.3, 0.4) is 0 Å². The van der Waals surface area contributed by atoms with Gasteiger partial charge in [-0.05, 0) is 29.3 Å². The van der Waals surface area contributed by atoms with E-state index in [2.05, 4.69) is 10.3 Å². The normalized spacial score (nSPS) is 11.7. The maximum atomic E-state index is 14.3. The second kappa shape index (κ2) is 8.90. The Bertz CT molecular complexity index is 837. The number of benzene rings is 2. The molecule has 3 rings (SSSR count). The van der Waals surface area contributed by atoms with Crippen LogP contribution in [0.2, 0.25) is 0 Å². The van der Waals surface area contributed by atoms with Crippen molar-refractivity contribution in [2.24, 2.45) is 0 Å². The lowest BCUT2D eigenvalue weighted by atomic mass is 9.88. The van der Waals surface area contributed by atoms with Crippen LogP contribution in [0, 0.1) is 5.82 Å². The van der Waals surface area contributed by atoms with E-state index in [1.807, 2.05) is 48.5 Å². The average molecular weight is 348 g/mol. The molecular weight excluding hydrogens is 327 g/mol. The predicted octanol–water partition coefficient (Wildman–Crippen LogP) is 4.10. The molecular formula is C22H21FN2O. The van der Waals surface area contributed by atoms with Gasteiger partial charge in [-0.1, -0.05) is 54.6 Å². The number of amides is 1. The lowest BCUT2D eigenvalue weighted by Gasteiger charge is -2.18.